The molecular weight excluding hydrogens is 404 g/mol. The summed E-state index contributed by atoms with van der Waals surface area (Å²) < 4.78 is 27.7. The van der Waals surface area contributed by atoms with Crippen LogP contribution in [0, 0.1) is 11.6 Å². The highest BCUT2D eigenvalue weighted by molar-refractivity contribution is 6.31. The van der Waals surface area contributed by atoms with Crippen molar-refractivity contribution in [1.29, 1.82) is 0 Å². The molecule has 5 N–H and O–H groups in total. The molecule has 0 spiro atoms. The lowest BCUT2D eigenvalue weighted by atomic mass is 10.0. The van der Waals surface area contributed by atoms with Crippen LogP contribution in [0.15, 0.2) is 36.4 Å². The molecule has 1 atom stereocenters. The second kappa shape index (κ2) is 8.59. The van der Waals surface area contributed by atoms with Gasteiger partial charge in [-0.1, -0.05) is 11.6 Å². The Morgan fingerprint density at radius 2 is 1.90 bits per heavy atom. The van der Waals surface area contributed by atoms with Gasteiger partial charge in [0.25, 0.3) is 0 Å². The van der Waals surface area contributed by atoms with Gasteiger partial charge in [0.2, 0.25) is 11.8 Å². The fraction of sp³-hybridized carbons (Fsp3) is 0.200. The Morgan fingerprint density at radius 1 is 1.21 bits per heavy atom. The number of hydrogen-bond acceptors (Lipinski definition) is 3. The maximum atomic E-state index is 14.4. The number of carbonyl (C=O) groups excluding carboxylic acids is 2. The summed E-state index contributed by atoms with van der Waals surface area (Å²) in [5.41, 5.74) is 7.07. The third kappa shape index (κ3) is 4.55. The van der Waals surface area contributed by atoms with E-state index in [2.05, 4.69) is 10.3 Å². The Labute approximate surface area is 169 Å². The molecule has 0 aliphatic carbocycles. The first kappa shape index (κ1) is 20.8. The minimum atomic E-state index is -1.19. The lowest BCUT2D eigenvalue weighted by Gasteiger charge is -2.12. The molecular formula is C20H18ClF2N3O3. The minimum Gasteiger partial charge on any atom is -0.394 e. The Morgan fingerprint density at radius 3 is 2.52 bits per heavy atom. The quantitative estimate of drug-likeness (QED) is 0.471. The normalized spacial score (nSPS) is 12.1. The van der Waals surface area contributed by atoms with E-state index in [9.17, 15) is 18.4 Å². The van der Waals surface area contributed by atoms with Gasteiger partial charge < -0.3 is 21.1 Å². The van der Waals surface area contributed by atoms with Crippen LogP contribution >= 0.6 is 11.6 Å². The lowest BCUT2D eigenvalue weighted by molar-refractivity contribution is -0.128. The number of aliphatic hydroxyl groups excluding tert-OH is 1. The topological polar surface area (TPSA) is 108 Å². The van der Waals surface area contributed by atoms with Gasteiger partial charge in [0.1, 0.15) is 17.7 Å². The maximum absolute atomic E-state index is 14.4. The van der Waals surface area contributed by atoms with Crippen molar-refractivity contribution in [3.05, 3.63) is 58.6 Å². The zero-order valence-corrected chi connectivity index (χ0v) is 15.9. The first-order chi connectivity index (χ1) is 13.8. The van der Waals surface area contributed by atoms with Crippen molar-refractivity contribution in [2.45, 2.75) is 18.9 Å². The van der Waals surface area contributed by atoms with E-state index in [1.807, 2.05) is 0 Å². The van der Waals surface area contributed by atoms with Crippen LogP contribution in [0.3, 0.4) is 0 Å². The fourth-order valence-electron chi connectivity index (χ4n) is 3.11. The van der Waals surface area contributed by atoms with Crippen LogP contribution in [0.4, 0.5) is 8.78 Å². The number of aryl methyl sites for hydroxylation is 1. The molecule has 0 fully saturated rings. The SMILES string of the molecule is NC(=O)[C@@H](CO)NC(=O)CCc1c(-c2ccc(F)cc2)[nH]c2c(F)cc(Cl)cc12. The van der Waals surface area contributed by atoms with Gasteiger partial charge in [0.15, 0.2) is 0 Å². The molecule has 9 heteroatoms. The second-order valence-electron chi connectivity index (χ2n) is 6.50. The van der Waals surface area contributed by atoms with Crippen molar-refractivity contribution in [3.8, 4) is 11.3 Å². The van der Waals surface area contributed by atoms with E-state index < -0.39 is 36.1 Å². The number of nitrogens with one attached hydrogen (secondary N) is 2. The number of hydrogen-bond donors (Lipinski definition) is 4. The fourth-order valence-corrected chi connectivity index (χ4v) is 3.31. The predicted octanol–water partition coefficient (Wildman–Crippen LogP) is 2.66. The van der Waals surface area contributed by atoms with E-state index in [4.69, 9.17) is 22.4 Å². The van der Waals surface area contributed by atoms with E-state index in [-0.39, 0.29) is 23.4 Å². The van der Waals surface area contributed by atoms with Crippen molar-refractivity contribution in [1.82, 2.24) is 10.3 Å². The number of amides is 2. The van der Waals surface area contributed by atoms with Crippen LogP contribution in [0.5, 0.6) is 0 Å². The van der Waals surface area contributed by atoms with Gasteiger partial charge in [-0.25, -0.2) is 8.78 Å². The Hall–Kier alpha value is -2.97. The number of carbonyl (C=O) groups is 2. The summed E-state index contributed by atoms with van der Waals surface area (Å²) in [5, 5.41) is 12.1. The Balaban J connectivity index is 1.96. The Bertz CT molecular complexity index is 1070. The highest BCUT2D eigenvalue weighted by Gasteiger charge is 2.20. The number of fused-ring (bicyclic) bond motifs is 1. The number of nitrogens with two attached hydrogens (primary N) is 1. The lowest BCUT2D eigenvalue weighted by Crippen LogP contribution is -2.46. The van der Waals surface area contributed by atoms with E-state index in [1.54, 1.807) is 6.07 Å². The smallest absolute Gasteiger partial charge is 0.242 e. The number of H-pyrrole nitrogens is 1. The third-order valence-corrected chi connectivity index (χ3v) is 4.75. The number of aromatic amines is 1. The number of aliphatic hydroxyl groups is 1. The second-order valence-corrected chi connectivity index (χ2v) is 6.94. The van der Waals surface area contributed by atoms with Crippen molar-refractivity contribution in [2.24, 2.45) is 5.73 Å². The zero-order valence-electron chi connectivity index (χ0n) is 15.1. The summed E-state index contributed by atoms with van der Waals surface area (Å²) in [6.07, 6.45) is 0.119. The molecule has 0 aliphatic heterocycles. The van der Waals surface area contributed by atoms with Crippen LogP contribution in [-0.4, -0.2) is 34.6 Å². The van der Waals surface area contributed by atoms with Gasteiger partial charge in [0, 0.05) is 22.5 Å². The van der Waals surface area contributed by atoms with Crippen molar-refractivity contribution in [2.75, 3.05) is 6.61 Å². The first-order valence-corrected chi connectivity index (χ1v) is 9.13. The number of rotatable bonds is 7. The molecule has 0 saturated carbocycles. The molecule has 2 aromatic carbocycles. The highest BCUT2D eigenvalue weighted by atomic mass is 35.5. The molecule has 6 nitrogen and oxygen atoms in total. The van der Waals surface area contributed by atoms with Gasteiger partial charge in [-0.15, -0.1) is 0 Å². The molecule has 29 heavy (non-hydrogen) atoms. The van der Waals surface area contributed by atoms with Crippen LogP contribution in [-0.2, 0) is 16.0 Å². The third-order valence-electron chi connectivity index (χ3n) is 4.53. The minimum absolute atomic E-state index is 0.0565. The van der Waals surface area contributed by atoms with Gasteiger partial charge >= 0.3 is 0 Å². The summed E-state index contributed by atoms with van der Waals surface area (Å²) >= 11 is 6.00. The van der Waals surface area contributed by atoms with Crippen LogP contribution < -0.4 is 11.1 Å². The van der Waals surface area contributed by atoms with Crippen LogP contribution in [0.2, 0.25) is 5.02 Å². The molecule has 0 unspecified atom stereocenters. The maximum Gasteiger partial charge on any atom is 0.242 e. The average molecular weight is 422 g/mol. The Kier molecular flexibility index (Phi) is 6.14. The number of benzene rings is 2. The summed E-state index contributed by atoms with van der Waals surface area (Å²) in [5.74, 6) is -2.33. The first-order valence-electron chi connectivity index (χ1n) is 8.75. The standard InChI is InChI=1S/C20H18ClF2N3O3/c21-11-7-14-13(5-6-17(28)25-16(9-27)20(24)29)18(26-19(14)15(23)8-11)10-1-3-12(22)4-2-10/h1-4,7-8,16,26-27H,5-6,9H2,(H2,24,29)(H,25,28)/t16-/m1/s1. The van der Waals surface area contributed by atoms with Gasteiger partial charge in [-0.3, -0.25) is 9.59 Å². The monoisotopic (exact) mass is 421 g/mol. The van der Waals surface area contributed by atoms with Crippen LogP contribution in [0.1, 0.15) is 12.0 Å². The number of halogens is 3. The number of aromatic nitrogens is 1. The van der Waals surface area contributed by atoms with E-state index in [0.29, 0.717) is 22.2 Å². The summed E-state index contributed by atoms with van der Waals surface area (Å²) in [6.45, 7) is -0.615. The highest BCUT2D eigenvalue weighted by Crippen LogP contribution is 2.34. The molecule has 0 aliphatic rings. The van der Waals surface area contributed by atoms with Crippen molar-refractivity contribution >= 4 is 34.3 Å². The molecule has 1 heterocycles. The molecule has 1 aromatic heterocycles. The van der Waals surface area contributed by atoms with Crippen molar-refractivity contribution in [3.63, 3.8) is 0 Å². The van der Waals surface area contributed by atoms with Crippen molar-refractivity contribution < 1.29 is 23.5 Å². The van der Waals surface area contributed by atoms with Gasteiger partial charge in [-0.2, -0.15) is 0 Å². The largest absolute Gasteiger partial charge is 0.394 e. The molecule has 0 saturated heterocycles. The molecule has 152 valence electrons. The zero-order chi connectivity index (χ0) is 21.1. The number of primary amides is 1. The van der Waals surface area contributed by atoms with E-state index in [0.717, 1.165) is 0 Å². The van der Waals surface area contributed by atoms with Gasteiger partial charge in [0.05, 0.1) is 12.1 Å². The molecule has 3 aromatic rings. The van der Waals surface area contributed by atoms with Crippen LogP contribution in [0.25, 0.3) is 22.2 Å². The summed E-state index contributed by atoms with van der Waals surface area (Å²) in [7, 11) is 0. The predicted molar refractivity (Wildman–Crippen MR) is 105 cm³/mol. The summed E-state index contributed by atoms with van der Waals surface area (Å²) in [6, 6.07) is 7.20. The molecule has 0 bridgehead atoms. The molecule has 3 rings (SSSR count). The molecule has 2 amide bonds. The molecule has 0 radical (unpaired) electrons. The average Bonchev–Trinajstić information content (AvgIpc) is 3.03. The van der Waals surface area contributed by atoms with E-state index in [1.165, 1.54) is 30.3 Å². The van der Waals surface area contributed by atoms with E-state index >= 15 is 0 Å². The summed E-state index contributed by atoms with van der Waals surface area (Å²) in [4.78, 5) is 26.3. The van der Waals surface area contributed by atoms with Gasteiger partial charge in [-0.05, 0) is 53.9 Å².